The number of hydrogen-bond donors (Lipinski definition) is 1. The second kappa shape index (κ2) is 6.26. The van der Waals surface area contributed by atoms with Gasteiger partial charge < -0.3 is 14.6 Å². The molecule has 1 aromatic heterocycles. The van der Waals surface area contributed by atoms with Gasteiger partial charge in [-0.2, -0.15) is 4.98 Å². The van der Waals surface area contributed by atoms with Gasteiger partial charge in [0.25, 0.3) is 5.89 Å². The van der Waals surface area contributed by atoms with Crippen molar-refractivity contribution in [3.8, 4) is 17.2 Å². The maximum atomic E-state index is 5.43. The van der Waals surface area contributed by atoms with Gasteiger partial charge in [-0.25, -0.2) is 0 Å². The highest BCUT2D eigenvalue weighted by molar-refractivity contribution is 5.57. The quantitative estimate of drug-likeness (QED) is 0.939. The Hall–Kier alpha value is -1.88. The third-order valence-corrected chi connectivity index (χ3v) is 3.97. The van der Waals surface area contributed by atoms with Gasteiger partial charge in [-0.3, -0.25) is 0 Å². The molecule has 5 nitrogen and oxygen atoms in total. The zero-order valence-electron chi connectivity index (χ0n) is 12.6. The molecular formula is C16H21N3O2. The summed E-state index contributed by atoms with van der Waals surface area (Å²) in [6.45, 7) is 3.03. The summed E-state index contributed by atoms with van der Waals surface area (Å²) in [7, 11) is 1.67. The van der Waals surface area contributed by atoms with Crippen LogP contribution in [0.25, 0.3) is 11.5 Å². The predicted molar refractivity (Wildman–Crippen MR) is 80.2 cm³/mol. The number of rotatable bonds is 3. The average molecular weight is 287 g/mol. The maximum Gasteiger partial charge on any atom is 0.258 e. The molecule has 0 radical (unpaired) electrons. The van der Waals surface area contributed by atoms with Gasteiger partial charge >= 0.3 is 0 Å². The van der Waals surface area contributed by atoms with E-state index >= 15 is 0 Å². The highest BCUT2D eigenvalue weighted by Crippen LogP contribution is 2.27. The van der Waals surface area contributed by atoms with Crippen LogP contribution in [0.4, 0.5) is 0 Å². The van der Waals surface area contributed by atoms with E-state index in [1.807, 2.05) is 25.1 Å². The van der Waals surface area contributed by atoms with E-state index in [1.54, 1.807) is 7.11 Å². The van der Waals surface area contributed by atoms with Crippen LogP contribution < -0.4 is 10.1 Å². The van der Waals surface area contributed by atoms with Gasteiger partial charge in [0, 0.05) is 5.56 Å². The van der Waals surface area contributed by atoms with E-state index in [1.165, 1.54) is 19.3 Å². The van der Waals surface area contributed by atoms with Gasteiger partial charge in [0.15, 0.2) is 5.82 Å². The topological polar surface area (TPSA) is 60.2 Å². The van der Waals surface area contributed by atoms with E-state index in [2.05, 4.69) is 15.5 Å². The molecule has 112 valence electrons. The number of nitrogens with zero attached hydrogens (tertiary/aromatic N) is 2. The van der Waals surface area contributed by atoms with Crippen LogP contribution in [0.15, 0.2) is 22.7 Å². The molecular weight excluding hydrogens is 266 g/mol. The lowest BCUT2D eigenvalue weighted by Crippen LogP contribution is -2.21. The average Bonchev–Trinajstić information content (AvgIpc) is 2.83. The Morgan fingerprint density at radius 2 is 2.19 bits per heavy atom. The fourth-order valence-electron chi connectivity index (χ4n) is 2.70. The lowest BCUT2D eigenvalue weighted by atomic mass is 10.1. The molecule has 5 heteroatoms. The summed E-state index contributed by atoms with van der Waals surface area (Å²) >= 11 is 0. The fourth-order valence-corrected chi connectivity index (χ4v) is 2.70. The summed E-state index contributed by atoms with van der Waals surface area (Å²) in [4.78, 5) is 4.56. The number of methoxy groups -OCH3 is 1. The van der Waals surface area contributed by atoms with Crippen molar-refractivity contribution in [2.24, 2.45) is 0 Å². The monoisotopic (exact) mass is 287 g/mol. The normalized spacial score (nSPS) is 19.2. The third-order valence-electron chi connectivity index (χ3n) is 3.97. The van der Waals surface area contributed by atoms with Crippen LogP contribution in [0.1, 0.15) is 43.1 Å². The molecule has 1 aliphatic heterocycles. The van der Waals surface area contributed by atoms with Crippen LogP contribution in [0.5, 0.6) is 5.75 Å². The first-order chi connectivity index (χ1) is 10.3. The second-order valence-electron chi connectivity index (χ2n) is 5.50. The summed E-state index contributed by atoms with van der Waals surface area (Å²) in [5.74, 6) is 2.14. The minimum Gasteiger partial charge on any atom is -0.496 e. The number of hydrogen-bond acceptors (Lipinski definition) is 5. The Kier molecular flexibility index (Phi) is 4.20. The molecule has 1 fully saturated rings. The van der Waals surface area contributed by atoms with E-state index in [0.29, 0.717) is 5.89 Å². The zero-order valence-corrected chi connectivity index (χ0v) is 12.6. The van der Waals surface area contributed by atoms with E-state index in [9.17, 15) is 0 Å². The molecule has 3 rings (SSSR count). The number of aromatic nitrogens is 2. The molecule has 1 aromatic carbocycles. The molecule has 1 saturated heterocycles. The molecule has 1 N–H and O–H groups in total. The number of nitrogens with one attached hydrogen (secondary N) is 1. The summed E-state index contributed by atoms with van der Waals surface area (Å²) in [5.41, 5.74) is 1.98. The first kappa shape index (κ1) is 14.1. The molecule has 0 spiro atoms. The highest BCUT2D eigenvalue weighted by Gasteiger charge is 2.20. The minimum atomic E-state index is 0.206. The largest absolute Gasteiger partial charge is 0.496 e. The van der Waals surface area contributed by atoms with Crippen LogP contribution in [0, 0.1) is 6.92 Å². The van der Waals surface area contributed by atoms with Crippen molar-refractivity contribution in [3.63, 3.8) is 0 Å². The Bertz CT molecular complexity index is 601. The molecule has 1 atom stereocenters. The molecule has 0 bridgehead atoms. The number of benzene rings is 1. The van der Waals surface area contributed by atoms with Crippen molar-refractivity contribution in [1.29, 1.82) is 0 Å². The summed E-state index contributed by atoms with van der Waals surface area (Å²) in [6.07, 6.45) is 4.76. The Labute approximate surface area is 124 Å². The lowest BCUT2D eigenvalue weighted by molar-refractivity contribution is 0.400. The molecule has 0 amide bonds. The van der Waals surface area contributed by atoms with Crippen molar-refractivity contribution < 1.29 is 9.26 Å². The van der Waals surface area contributed by atoms with E-state index < -0.39 is 0 Å². The standard InChI is InChI=1S/C16H21N3O2/c1-11-7-8-12(10-14(11)20-2)16-18-15(19-21-16)13-6-4-3-5-9-17-13/h7-8,10,13,17H,3-6,9H2,1-2H3. The zero-order chi connectivity index (χ0) is 14.7. The van der Waals surface area contributed by atoms with Crippen molar-refractivity contribution in [2.75, 3.05) is 13.7 Å². The van der Waals surface area contributed by atoms with Gasteiger partial charge in [-0.15, -0.1) is 0 Å². The Morgan fingerprint density at radius 1 is 1.29 bits per heavy atom. The van der Waals surface area contributed by atoms with Crippen LogP contribution in [-0.2, 0) is 0 Å². The smallest absolute Gasteiger partial charge is 0.258 e. The molecule has 0 aliphatic carbocycles. The van der Waals surface area contributed by atoms with Gasteiger partial charge in [-0.05, 0) is 44.0 Å². The molecule has 2 aromatic rings. The van der Waals surface area contributed by atoms with E-state index in [-0.39, 0.29) is 6.04 Å². The lowest BCUT2D eigenvalue weighted by Gasteiger charge is -2.10. The molecule has 2 heterocycles. The van der Waals surface area contributed by atoms with Gasteiger partial charge in [0.1, 0.15) is 5.75 Å². The molecule has 0 saturated carbocycles. The van der Waals surface area contributed by atoms with Crippen molar-refractivity contribution in [1.82, 2.24) is 15.5 Å². The SMILES string of the molecule is COc1cc(-c2nc(C3CCCCCN3)no2)ccc1C. The van der Waals surface area contributed by atoms with Crippen LogP contribution in [0.3, 0.4) is 0 Å². The summed E-state index contributed by atoms with van der Waals surface area (Å²) in [6, 6.07) is 6.13. The molecule has 21 heavy (non-hydrogen) atoms. The third kappa shape index (κ3) is 3.08. The van der Waals surface area contributed by atoms with Crippen LogP contribution in [-0.4, -0.2) is 23.8 Å². The van der Waals surface area contributed by atoms with E-state index in [0.717, 1.165) is 35.7 Å². The maximum absolute atomic E-state index is 5.43. The van der Waals surface area contributed by atoms with Gasteiger partial charge in [0.2, 0.25) is 0 Å². The molecule has 1 aliphatic rings. The van der Waals surface area contributed by atoms with E-state index in [4.69, 9.17) is 9.26 Å². The van der Waals surface area contributed by atoms with Crippen LogP contribution in [0.2, 0.25) is 0 Å². The number of aryl methyl sites for hydroxylation is 1. The summed E-state index contributed by atoms with van der Waals surface area (Å²) < 4.78 is 10.8. The predicted octanol–water partition coefficient (Wildman–Crippen LogP) is 3.26. The van der Waals surface area contributed by atoms with Gasteiger partial charge in [0.05, 0.1) is 13.2 Å². The first-order valence-corrected chi connectivity index (χ1v) is 7.50. The fraction of sp³-hybridized carbons (Fsp3) is 0.500. The van der Waals surface area contributed by atoms with Crippen molar-refractivity contribution >= 4 is 0 Å². The van der Waals surface area contributed by atoms with Gasteiger partial charge in [-0.1, -0.05) is 24.1 Å². The minimum absolute atomic E-state index is 0.206. The summed E-state index contributed by atoms with van der Waals surface area (Å²) in [5, 5.41) is 7.63. The Balaban J connectivity index is 1.84. The first-order valence-electron chi connectivity index (χ1n) is 7.50. The van der Waals surface area contributed by atoms with Crippen molar-refractivity contribution in [3.05, 3.63) is 29.6 Å². The Morgan fingerprint density at radius 3 is 3.05 bits per heavy atom. The second-order valence-corrected chi connectivity index (χ2v) is 5.50. The molecule has 1 unspecified atom stereocenters. The van der Waals surface area contributed by atoms with Crippen molar-refractivity contribution in [2.45, 2.75) is 38.6 Å². The highest BCUT2D eigenvalue weighted by atomic mass is 16.5. The number of ether oxygens (including phenoxy) is 1. The van der Waals surface area contributed by atoms with Crippen LogP contribution >= 0.6 is 0 Å².